The van der Waals surface area contributed by atoms with Crippen LogP contribution in [0.2, 0.25) is 0 Å². The van der Waals surface area contributed by atoms with E-state index in [0.29, 0.717) is 12.1 Å². The quantitative estimate of drug-likeness (QED) is 0.858. The third-order valence-electron chi connectivity index (χ3n) is 3.67. The first-order chi connectivity index (χ1) is 8.79. The lowest BCUT2D eigenvalue weighted by Gasteiger charge is -2.28. The molecular formula is C16H25NO. The summed E-state index contributed by atoms with van der Waals surface area (Å²) in [5.41, 5.74) is 2.73. The lowest BCUT2D eigenvalue weighted by atomic mass is 9.95. The third kappa shape index (κ3) is 3.82. The van der Waals surface area contributed by atoms with E-state index in [0.717, 1.165) is 19.6 Å². The van der Waals surface area contributed by atoms with Gasteiger partial charge in [-0.3, -0.25) is 0 Å². The maximum absolute atomic E-state index is 5.87. The van der Waals surface area contributed by atoms with Gasteiger partial charge in [0.1, 0.15) is 0 Å². The Morgan fingerprint density at radius 1 is 1.39 bits per heavy atom. The molecule has 1 aromatic rings. The number of benzene rings is 1. The number of hydrogen-bond acceptors (Lipinski definition) is 2. The molecule has 2 heteroatoms. The predicted octanol–water partition coefficient (Wildman–Crippen LogP) is 3.60. The summed E-state index contributed by atoms with van der Waals surface area (Å²) in [4.78, 5) is 0. The fourth-order valence-electron chi connectivity index (χ4n) is 2.73. The summed E-state index contributed by atoms with van der Waals surface area (Å²) in [6.07, 6.45) is 5.29. The van der Waals surface area contributed by atoms with Crippen molar-refractivity contribution in [2.24, 2.45) is 0 Å². The highest BCUT2D eigenvalue weighted by molar-refractivity contribution is 5.25. The molecule has 100 valence electrons. The van der Waals surface area contributed by atoms with Gasteiger partial charge in [0.05, 0.1) is 6.10 Å². The fourth-order valence-corrected chi connectivity index (χ4v) is 2.73. The molecule has 0 radical (unpaired) electrons. The van der Waals surface area contributed by atoms with Crippen molar-refractivity contribution in [1.82, 2.24) is 5.32 Å². The average Bonchev–Trinajstić information content (AvgIpc) is 2.39. The minimum absolute atomic E-state index is 0.429. The minimum atomic E-state index is 0.429. The molecule has 1 aliphatic rings. The molecule has 1 fully saturated rings. The summed E-state index contributed by atoms with van der Waals surface area (Å²) >= 11 is 0. The molecule has 0 aromatic heterocycles. The van der Waals surface area contributed by atoms with E-state index in [-0.39, 0.29) is 0 Å². The van der Waals surface area contributed by atoms with Gasteiger partial charge < -0.3 is 10.1 Å². The number of aryl methyl sites for hydroxylation is 1. The van der Waals surface area contributed by atoms with Gasteiger partial charge in [0, 0.05) is 12.6 Å². The fraction of sp³-hybridized carbons (Fsp3) is 0.625. The van der Waals surface area contributed by atoms with Gasteiger partial charge >= 0.3 is 0 Å². The molecule has 2 rings (SSSR count). The Kier molecular flexibility index (Phi) is 5.21. The van der Waals surface area contributed by atoms with E-state index in [1.165, 1.54) is 30.4 Å². The van der Waals surface area contributed by atoms with Crippen LogP contribution in [0.1, 0.15) is 49.8 Å². The van der Waals surface area contributed by atoms with E-state index in [2.05, 4.69) is 43.4 Å². The summed E-state index contributed by atoms with van der Waals surface area (Å²) in [5, 5.41) is 3.59. The van der Waals surface area contributed by atoms with Gasteiger partial charge in [0.15, 0.2) is 0 Å². The summed E-state index contributed by atoms with van der Waals surface area (Å²) < 4.78 is 5.87. The molecule has 0 amide bonds. The molecular weight excluding hydrogens is 222 g/mol. The van der Waals surface area contributed by atoms with Crippen molar-refractivity contribution in [3.05, 3.63) is 35.4 Å². The third-order valence-corrected chi connectivity index (χ3v) is 3.67. The molecule has 1 aromatic carbocycles. The van der Waals surface area contributed by atoms with Gasteiger partial charge in [-0.25, -0.2) is 0 Å². The van der Waals surface area contributed by atoms with Gasteiger partial charge in [-0.15, -0.1) is 0 Å². The van der Waals surface area contributed by atoms with E-state index < -0.39 is 0 Å². The van der Waals surface area contributed by atoms with Crippen molar-refractivity contribution in [2.45, 2.75) is 51.7 Å². The normalized spacial score (nSPS) is 21.8. The molecule has 2 unspecified atom stereocenters. The highest BCUT2D eigenvalue weighted by Crippen LogP contribution is 2.25. The molecule has 1 aliphatic heterocycles. The summed E-state index contributed by atoms with van der Waals surface area (Å²) in [7, 11) is 0. The topological polar surface area (TPSA) is 21.3 Å². The molecule has 1 saturated heterocycles. The van der Waals surface area contributed by atoms with Gasteiger partial charge in [-0.2, -0.15) is 0 Å². The number of ether oxygens (including phenoxy) is 1. The molecule has 1 N–H and O–H groups in total. The van der Waals surface area contributed by atoms with Crippen molar-refractivity contribution in [3.63, 3.8) is 0 Å². The Balaban J connectivity index is 2.02. The van der Waals surface area contributed by atoms with Gasteiger partial charge in [-0.05, 0) is 44.7 Å². The van der Waals surface area contributed by atoms with E-state index in [4.69, 9.17) is 4.74 Å². The average molecular weight is 247 g/mol. The van der Waals surface area contributed by atoms with Crippen LogP contribution in [0.25, 0.3) is 0 Å². The van der Waals surface area contributed by atoms with Crippen LogP contribution in [0.15, 0.2) is 24.3 Å². The SMILES string of the molecule is CCNC(CC1CCCCO1)c1cccc(C)c1. The first-order valence-corrected chi connectivity index (χ1v) is 7.21. The highest BCUT2D eigenvalue weighted by Gasteiger charge is 2.20. The van der Waals surface area contributed by atoms with Crippen molar-refractivity contribution < 1.29 is 4.74 Å². The number of rotatable bonds is 5. The maximum Gasteiger partial charge on any atom is 0.0593 e. The van der Waals surface area contributed by atoms with Crippen LogP contribution in [0, 0.1) is 6.92 Å². The lowest BCUT2D eigenvalue weighted by Crippen LogP contribution is -2.28. The monoisotopic (exact) mass is 247 g/mol. The summed E-state index contributed by atoms with van der Waals surface area (Å²) in [6.45, 7) is 6.27. The molecule has 0 spiro atoms. The summed E-state index contributed by atoms with van der Waals surface area (Å²) in [6, 6.07) is 9.25. The Labute approximate surface area is 111 Å². The Morgan fingerprint density at radius 3 is 2.94 bits per heavy atom. The van der Waals surface area contributed by atoms with Gasteiger partial charge in [0.2, 0.25) is 0 Å². The summed E-state index contributed by atoms with van der Waals surface area (Å²) in [5.74, 6) is 0. The van der Waals surface area contributed by atoms with Gasteiger partial charge in [-0.1, -0.05) is 36.8 Å². The van der Waals surface area contributed by atoms with Crippen LogP contribution in [-0.4, -0.2) is 19.3 Å². The zero-order valence-electron chi connectivity index (χ0n) is 11.6. The molecule has 0 saturated carbocycles. The molecule has 0 aliphatic carbocycles. The second-order valence-electron chi connectivity index (χ2n) is 5.25. The zero-order valence-corrected chi connectivity index (χ0v) is 11.6. The van der Waals surface area contributed by atoms with Crippen molar-refractivity contribution in [2.75, 3.05) is 13.2 Å². The lowest BCUT2D eigenvalue weighted by molar-refractivity contribution is 0.00513. The van der Waals surface area contributed by atoms with Crippen LogP contribution in [0.4, 0.5) is 0 Å². The molecule has 1 heterocycles. The second-order valence-corrected chi connectivity index (χ2v) is 5.25. The van der Waals surface area contributed by atoms with Crippen LogP contribution in [0.5, 0.6) is 0 Å². The van der Waals surface area contributed by atoms with Crippen LogP contribution in [-0.2, 0) is 4.74 Å². The Hall–Kier alpha value is -0.860. The van der Waals surface area contributed by atoms with E-state index in [1.807, 2.05) is 0 Å². The Morgan fingerprint density at radius 2 is 2.28 bits per heavy atom. The Bertz CT molecular complexity index is 358. The molecule has 2 nitrogen and oxygen atoms in total. The first kappa shape index (κ1) is 13.6. The largest absolute Gasteiger partial charge is 0.378 e. The van der Waals surface area contributed by atoms with E-state index in [1.54, 1.807) is 0 Å². The molecule has 2 atom stereocenters. The first-order valence-electron chi connectivity index (χ1n) is 7.21. The van der Waals surface area contributed by atoms with Crippen LogP contribution in [0.3, 0.4) is 0 Å². The van der Waals surface area contributed by atoms with E-state index >= 15 is 0 Å². The van der Waals surface area contributed by atoms with Crippen molar-refractivity contribution >= 4 is 0 Å². The number of hydrogen-bond donors (Lipinski definition) is 1. The van der Waals surface area contributed by atoms with E-state index in [9.17, 15) is 0 Å². The van der Waals surface area contributed by atoms with Crippen LogP contribution >= 0.6 is 0 Å². The molecule has 18 heavy (non-hydrogen) atoms. The van der Waals surface area contributed by atoms with Crippen molar-refractivity contribution in [3.8, 4) is 0 Å². The number of nitrogens with one attached hydrogen (secondary N) is 1. The highest BCUT2D eigenvalue weighted by atomic mass is 16.5. The minimum Gasteiger partial charge on any atom is -0.378 e. The van der Waals surface area contributed by atoms with Gasteiger partial charge in [0.25, 0.3) is 0 Å². The predicted molar refractivity (Wildman–Crippen MR) is 75.8 cm³/mol. The standard InChI is InChI=1S/C16H25NO/c1-3-17-16(12-15-9-4-5-10-18-15)14-8-6-7-13(2)11-14/h6-8,11,15-17H,3-5,9-10,12H2,1-2H3. The zero-order chi connectivity index (χ0) is 12.8. The smallest absolute Gasteiger partial charge is 0.0593 e. The maximum atomic E-state index is 5.87. The van der Waals surface area contributed by atoms with Crippen molar-refractivity contribution in [1.29, 1.82) is 0 Å². The second kappa shape index (κ2) is 6.91. The van der Waals surface area contributed by atoms with Crippen LogP contribution < -0.4 is 5.32 Å². The molecule has 0 bridgehead atoms.